The van der Waals surface area contributed by atoms with Gasteiger partial charge in [-0.15, -0.1) is 0 Å². The molecule has 0 saturated heterocycles. The number of halogens is 1. The van der Waals surface area contributed by atoms with Crippen molar-refractivity contribution in [1.29, 1.82) is 0 Å². The summed E-state index contributed by atoms with van der Waals surface area (Å²) in [5.74, 6) is 0.788. The number of hydrogen-bond acceptors (Lipinski definition) is 2. The Hall–Kier alpha value is -1.10. The van der Waals surface area contributed by atoms with Crippen LogP contribution in [0.4, 0.5) is 0 Å². The monoisotopic (exact) mass is 338 g/mol. The van der Waals surface area contributed by atoms with Gasteiger partial charge in [0.2, 0.25) is 5.91 Å². The third-order valence-electron chi connectivity index (χ3n) is 3.50. The van der Waals surface area contributed by atoms with Crippen molar-refractivity contribution in [3.63, 3.8) is 0 Å². The van der Waals surface area contributed by atoms with Gasteiger partial charge in [-0.2, -0.15) is 0 Å². The second-order valence-corrected chi connectivity index (χ2v) is 7.31. The quantitative estimate of drug-likeness (QED) is 0.676. The van der Waals surface area contributed by atoms with Crippen molar-refractivity contribution in [1.82, 2.24) is 14.9 Å². The highest BCUT2D eigenvalue weighted by atomic mass is 79.9. The van der Waals surface area contributed by atoms with Gasteiger partial charge in [-0.25, -0.2) is 4.98 Å². The van der Waals surface area contributed by atoms with Gasteiger partial charge < -0.3 is 16.8 Å². The zero-order chi connectivity index (χ0) is 14.9. The van der Waals surface area contributed by atoms with Crippen molar-refractivity contribution >= 4 is 27.9 Å². The Balaban J connectivity index is 2.25. The summed E-state index contributed by atoms with van der Waals surface area (Å²) in [5.41, 5.74) is 2.04. The minimum atomic E-state index is -0.270. The molecule has 2 unspecified atom stereocenters. The molecule has 0 radical (unpaired) electrons. The number of carbonyl (C=O) groups is 1. The molecule has 2 atom stereocenters. The lowest BCUT2D eigenvalue weighted by atomic mass is 9.98. The summed E-state index contributed by atoms with van der Waals surface area (Å²) in [7, 11) is 0. The van der Waals surface area contributed by atoms with Crippen molar-refractivity contribution in [2.24, 2.45) is 0 Å². The smallest absolute Gasteiger partial charge is 0.217 e. The van der Waals surface area contributed by atoms with E-state index in [1.807, 2.05) is 6.08 Å². The number of imidazole rings is 1. The molecule has 2 rings (SSSR count). The van der Waals surface area contributed by atoms with Gasteiger partial charge >= 0.3 is 0 Å². The Kier molecular flexibility index (Phi) is 4.37. The summed E-state index contributed by atoms with van der Waals surface area (Å²) in [6, 6.07) is -0.270. The molecular formula is C15H21BrN3O-. The molecule has 1 aromatic rings. The van der Waals surface area contributed by atoms with E-state index < -0.39 is 0 Å². The summed E-state index contributed by atoms with van der Waals surface area (Å²) in [6.45, 7) is 10.5. The first kappa shape index (κ1) is 15.3. The molecule has 1 aliphatic carbocycles. The third-order valence-corrected chi connectivity index (χ3v) is 4.05. The lowest BCUT2D eigenvalue weighted by molar-refractivity contribution is -0.130. The van der Waals surface area contributed by atoms with Gasteiger partial charge in [-0.05, 0) is 25.5 Å². The molecular weight excluding hydrogens is 318 g/mol. The molecule has 0 fully saturated rings. The number of rotatable bonds is 4. The van der Waals surface area contributed by atoms with Gasteiger partial charge in [0.25, 0.3) is 0 Å². The fraction of sp³-hybridized carbons (Fsp3) is 0.533. The van der Waals surface area contributed by atoms with Crippen LogP contribution in [0.25, 0.3) is 6.08 Å². The number of amides is 1. The highest BCUT2D eigenvalue weighted by Gasteiger charge is 2.26. The zero-order valence-electron chi connectivity index (χ0n) is 12.2. The van der Waals surface area contributed by atoms with Crippen molar-refractivity contribution in [3.8, 4) is 0 Å². The van der Waals surface area contributed by atoms with E-state index in [2.05, 4.69) is 52.7 Å². The van der Waals surface area contributed by atoms with Gasteiger partial charge in [0.15, 0.2) is 0 Å². The molecule has 0 saturated carbocycles. The predicted octanol–water partition coefficient (Wildman–Crippen LogP) is 3.27. The van der Waals surface area contributed by atoms with Crippen LogP contribution in [0.1, 0.15) is 50.4 Å². The highest BCUT2D eigenvalue weighted by Crippen LogP contribution is 2.32. The molecule has 20 heavy (non-hydrogen) atoms. The van der Waals surface area contributed by atoms with Crippen LogP contribution in [0, 0.1) is 6.92 Å². The van der Waals surface area contributed by atoms with Crippen LogP contribution < -0.4 is 0 Å². The second kappa shape index (κ2) is 5.72. The van der Waals surface area contributed by atoms with E-state index in [-0.39, 0.29) is 16.3 Å². The van der Waals surface area contributed by atoms with Gasteiger partial charge in [-0.3, -0.25) is 4.79 Å². The van der Waals surface area contributed by atoms with E-state index in [1.165, 1.54) is 0 Å². The molecule has 1 N–H and O–H groups in total. The number of nitrogens with zero attached hydrogens (tertiary/aromatic N) is 2. The summed E-state index contributed by atoms with van der Waals surface area (Å²) in [4.78, 5) is 21.4. The summed E-state index contributed by atoms with van der Waals surface area (Å²) in [5, 5.41) is 0. The van der Waals surface area contributed by atoms with Crippen LogP contribution in [-0.2, 0) is 11.2 Å². The molecule has 5 heteroatoms. The van der Waals surface area contributed by atoms with Crippen LogP contribution in [0.5, 0.6) is 0 Å². The fourth-order valence-electron chi connectivity index (χ4n) is 2.45. The first-order chi connectivity index (χ1) is 9.34. The summed E-state index contributed by atoms with van der Waals surface area (Å²) >= 11 is 3.67. The number of aromatic nitrogens is 2. The van der Waals surface area contributed by atoms with Crippen LogP contribution in [-0.4, -0.2) is 31.6 Å². The lowest BCUT2D eigenvalue weighted by Gasteiger charge is -2.31. The number of fused-ring (bicyclic) bond motifs is 1. The first-order valence-electron chi connectivity index (χ1n) is 6.91. The van der Waals surface area contributed by atoms with Gasteiger partial charge in [0.05, 0.1) is 11.5 Å². The number of hydrogen-bond donors (Lipinski definition) is 1. The Morgan fingerprint density at radius 1 is 1.70 bits per heavy atom. The van der Waals surface area contributed by atoms with Crippen molar-refractivity contribution in [3.05, 3.63) is 30.2 Å². The Morgan fingerprint density at radius 3 is 3.00 bits per heavy atom. The molecule has 4 nitrogen and oxygen atoms in total. The van der Waals surface area contributed by atoms with E-state index >= 15 is 0 Å². The number of carbonyl (C=O) groups excluding carboxylic acids is 1. The SMILES string of the molecule is [CH2-]C(c1nc2c([nH]1)CC(C)(Br)C=C2)N(CCC)C(C)=O. The molecule has 1 amide bonds. The number of nitrogens with one attached hydrogen (secondary N) is 1. The molecule has 1 aromatic heterocycles. The molecule has 0 spiro atoms. The molecule has 1 aliphatic rings. The Bertz CT molecular complexity index is 533. The predicted molar refractivity (Wildman–Crippen MR) is 84.4 cm³/mol. The number of H-pyrrole nitrogens is 1. The zero-order valence-corrected chi connectivity index (χ0v) is 13.8. The molecule has 0 aromatic carbocycles. The Labute approximate surface area is 128 Å². The van der Waals surface area contributed by atoms with Gasteiger partial charge in [0, 0.05) is 29.9 Å². The van der Waals surface area contributed by atoms with Crippen LogP contribution >= 0.6 is 15.9 Å². The fourth-order valence-corrected chi connectivity index (χ4v) is 2.87. The average Bonchev–Trinajstić information content (AvgIpc) is 2.76. The minimum absolute atomic E-state index is 0.0297. The molecule has 0 bridgehead atoms. The van der Waals surface area contributed by atoms with E-state index in [0.717, 1.165) is 30.1 Å². The minimum Gasteiger partial charge on any atom is -0.363 e. The normalized spacial score (nSPS) is 22.4. The molecule has 1 heterocycles. The highest BCUT2D eigenvalue weighted by molar-refractivity contribution is 9.10. The maximum Gasteiger partial charge on any atom is 0.217 e. The summed E-state index contributed by atoms with van der Waals surface area (Å²) in [6.07, 6.45) is 5.88. The average molecular weight is 339 g/mol. The third kappa shape index (κ3) is 3.14. The number of allylic oxidation sites excluding steroid dienone is 1. The van der Waals surface area contributed by atoms with E-state index in [0.29, 0.717) is 6.54 Å². The number of aromatic amines is 1. The summed E-state index contributed by atoms with van der Waals surface area (Å²) < 4.78 is -0.0375. The maximum atomic E-state index is 11.7. The molecule has 0 aliphatic heterocycles. The van der Waals surface area contributed by atoms with Crippen LogP contribution in [0.3, 0.4) is 0 Å². The number of alkyl halides is 1. The van der Waals surface area contributed by atoms with Gasteiger partial charge in [-0.1, -0.05) is 28.9 Å². The maximum absolute atomic E-state index is 11.7. The standard InChI is InChI=1S/C15H21BrN3O/c1-5-8-19(11(3)20)10(2)14-17-12-6-7-15(4,16)9-13(12)18-14/h6-7,10H,2,5,8-9H2,1,3-4H3,(H,17,18)/q-1. The van der Waals surface area contributed by atoms with Gasteiger partial charge in [0.1, 0.15) is 0 Å². The van der Waals surface area contributed by atoms with E-state index in [9.17, 15) is 4.79 Å². The topological polar surface area (TPSA) is 49.0 Å². The largest absolute Gasteiger partial charge is 0.363 e. The van der Waals surface area contributed by atoms with Crippen LogP contribution in [0.2, 0.25) is 0 Å². The molecule has 110 valence electrons. The second-order valence-electron chi connectivity index (χ2n) is 5.50. The van der Waals surface area contributed by atoms with Crippen molar-refractivity contribution in [2.45, 2.75) is 44.0 Å². The Morgan fingerprint density at radius 2 is 2.40 bits per heavy atom. The van der Waals surface area contributed by atoms with E-state index in [1.54, 1.807) is 11.8 Å². The first-order valence-corrected chi connectivity index (χ1v) is 7.70. The van der Waals surface area contributed by atoms with Crippen molar-refractivity contribution < 1.29 is 4.79 Å². The van der Waals surface area contributed by atoms with E-state index in [4.69, 9.17) is 0 Å². The lowest BCUT2D eigenvalue weighted by Crippen LogP contribution is -2.33. The van der Waals surface area contributed by atoms with Crippen LogP contribution in [0.15, 0.2) is 6.08 Å². The van der Waals surface area contributed by atoms with Crippen molar-refractivity contribution in [2.75, 3.05) is 6.54 Å².